The van der Waals surface area contributed by atoms with Crippen LogP contribution in [0.15, 0.2) is 48.5 Å². The van der Waals surface area contributed by atoms with E-state index >= 15 is 0 Å². The molecule has 1 heterocycles. The molecule has 4 nitrogen and oxygen atoms in total. The van der Waals surface area contributed by atoms with Crippen LogP contribution in [0.4, 0.5) is 11.4 Å². The monoisotopic (exact) mass is 337 g/mol. The minimum Gasteiger partial charge on any atom is -0.399 e. The molecule has 1 fully saturated rings. The van der Waals surface area contributed by atoms with Crippen LogP contribution in [0.25, 0.3) is 0 Å². The number of nitrogens with one attached hydrogen (secondary N) is 1. The lowest BCUT2D eigenvalue weighted by atomic mass is 10.0. The van der Waals surface area contributed by atoms with Crippen LogP contribution in [0.3, 0.4) is 0 Å². The highest BCUT2D eigenvalue weighted by Gasteiger charge is 2.22. The highest BCUT2D eigenvalue weighted by atomic mass is 16.2. The Labute approximate surface area is 150 Å². The number of anilines is 2. The Morgan fingerprint density at radius 3 is 2.60 bits per heavy atom. The molecule has 1 aliphatic rings. The Kier molecular flexibility index (Phi) is 5.59. The van der Waals surface area contributed by atoms with Crippen LogP contribution < -0.4 is 11.1 Å². The number of carbonyl (C=O) groups excluding carboxylic acids is 1. The number of amides is 1. The number of aryl methyl sites for hydroxylation is 1. The van der Waals surface area contributed by atoms with E-state index in [2.05, 4.69) is 36.5 Å². The second-order valence-corrected chi connectivity index (χ2v) is 6.87. The molecular weight excluding hydrogens is 310 g/mol. The normalized spacial score (nSPS) is 15.2. The van der Waals surface area contributed by atoms with Gasteiger partial charge in [-0.25, -0.2) is 0 Å². The molecule has 1 aliphatic heterocycles. The molecule has 2 aromatic rings. The van der Waals surface area contributed by atoms with Crippen LogP contribution in [-0.4, -0.2) is 29.9 Å². The van der Waals surface area contributed by atoms with Gasteiger partial charge in [0.1, 0.15) is 0 Å². The summed E-state index contributed by atoms with van der Waals surface area (Å²) in [6.07, 6.45) is 4.19. The third-order valence-corrected chi connectivity index (χ3v) is 4.78. The predicted molar refractivity (Wildman–Crippen MR) is 104 cm³/mol. The van der Waals surface area contributed by atoms with E-state index in [1.165, 1.54) is 5.56 Å². The zero-order valence-electron chi connectivity index (χ0n) is 14.9. The molecule has 0 radical (unpaired) electrons. The summed E-state index contributed by atoms with van der Waals surface area (Å²) in [6, 6.07) is 16.3. The van der Waals surface area contributed by atoms with Crippen molar-refractivity contribution < 1.29 is 4.79 Å². The molecule has 0 aliphatic carbocycles. The number of benzene rings is 2. The van der Waals surface area contributed by atoms with Crippen LogP contribution in [0.2, 0.25) is 0 Å². The van der Waals surface area contributed by atoms with Gasteiger partial charge in [0.25, 0.3) is 5.91 Å². The number of hydrogen-bond acceptors (Lipinski definition) is 3. The predicted octanol–water partition coefficient (Wildman–Crippen LogP) is 3.94. The van der Waals surface area contributed by atoms with Gasteiger partial charge in [0.2, 0.25) is 0 Å². The van der Waals surface area contributed by atoms with Gasteiger partial charge in [0.05, 0.1) is 5.56 Å². The number of nitrogens with two attached hydrogens (primary N) is 1. The molecule has 3 N–H and O–H groups in total. The largest absolute Gasteiger partial charge is 0.399 e. The average Bonchev–Trinajstić information content (AvgIpc) is 3.16. The molecule has 0 unspecified atom stereocenters. The fraction of sp³-hybridized carbons (Fsp3) is 0.381. The number of hydrogen-bond donors (Lipinski definition) is 2. The van der Waals surface area contributed by atoms with E-state index in [1.807, 2.05) is 23.1 Å². The average molecular weight is 337 g/mol. The lowest BCUT2D eigenvalue weighted by Gasteiger charge is -2.21. The molecule has 1 amide bonds. The van der Waals surface area contributed by atoms with Gasteiger partial charge in [-0.3, -0.25) is 4.79 Å². The summed E-state index contributed by atoms with van der Waals surface area (Å²) in [7, 11) is 0. The maximum atomic E-state index is 12.8. The first-order chi connectivity index (χ1) is 12.1. The molecule has 132 valence electrons. The molecule has 4 heteroatoms. The van der Waals surface area contributed by atoms with E-state index in [0.717, 1.165) is 44.5 Å². The topological polar surface area (TPSA) is 58.4 Å². The maximum Gasteiger partial charge on any atom is 0.256 e. The van der Waals surface area contributed by atoms with Gasteiger partial charge < -0.3 is 16.0 Å². The van der Waals surface area contributed by atoms with Gasteiger partial charge >= 0.3 is 0 Å². The lowest BCUT2D eigenvalue weighted by molar-refractivity contribution is 0.0794. The number of rotatable bonds is 6. The Bertz CT molecular complexity index is 708. The van der Waals surface area contributed by atoms with E-state index in [1.54, 1.807) is 6.07 Å². The molecule has 0 spiro atoms. The summed E-state index contributed by atoms with van der Waals surface area (Å²) < 4.78 is 0. The summed E-state index contributed by atoms with van der Waals surface area (Å²) in [6.45, 7) is 3.84. The van der Waals surface area contributed by atoms with Crippen molar-refractivity contribution in [3.63, 3.8) is 0 Å². The van der Waals surface area contributed by atoms with Crippen LogP contribution >= 0.6 is 0 Å². The highest BCUT2D eigenvalue weighted by molar-refractivity contribution is 6.00. The number of carbonyl (C=O) groups is 1. The summed E-state index contributed by atoms with van der Waals surface area (Å²) >= 11 is 0. The third-order valence-electron chi connectivity index (χ3n) is 4.78. The van der Waals surface area contributed by atoms with Gasteiger partial charge in [-0.1, -0.05) is 30.3 Å². The Balaban J connectivity index is 1.67. The molecule has 1 atom stereocenters. The zero-order chi connectivity index (χ0) is 17.6. The zero-order valence-corrected chi connectivity index (χ0v) is 14.9. The molecule has 3 rings (SSSR count). The molecule has 0 saturated carbocycles. The standard InChI is InChI=1S/C21H27N3O/c1-16(9-10-17-7-3-2-4-8-17)23-20-12-11-18(22)15-19(20)21(25)24-13-5-6-14-24/h2-4,7-8,11-12,15-16,23H,5-6,9-10,13-14,22H2,1H3/t16-/m1/s1. The van der Waals surface area contributed by atoms with Gasteiger partial charge in [0, 0.05) is 30.5 Å². The molecule has 0 bridgehead atoms. The highest BCUT2D eigenvalue weighted by Crippen LogP contribution is 2.24. The third kappa shape index (κ3) is 4.53. The first-order valence-electron chi connectivity index (χ1n) is 9.13. The fourth-order valence-electron chi connectivity index (χ4n) is 3.32. The van der Waals surface area contributed by atoms with E-state index < -0.39 is 0 Å². The summed E-state index contributed by atoms with van der Waals surface area (Å²) in [5.41, 5.74) is 9.47. The van der Waals surface area contributed by atoms with Crippen molar-refractivity contribution in [1.82, 2.24) is 4.90 Å². The van der Waals surface area contributed by atoms with Crippen molar-refractivity contribution in [2.45, 2.75) is 38.6 Å². The molecule has 25 heavy (non-hydrogen) atoms. The molecule has 1 saturated heterocycles. The Morgan fingerprint density at radius 1 is 1.16 bits per heavy atom. The molecular formula is C21H27N3O. The Hall–Kier alpha value is -2.49. The SMILES string of the molecule is C[C@H](CCc1ccccc1)Nc1ccc(N)cc1C(=O)N1CCCC1. The lowest BCUT2D eigenvalue weighted by Crippen LogP contribution is -2.29. The van der Waals surface area contributed by atoms with Crippen molar-refractivity contribution in [3.8, 4) is 0 Å². The number of likely N-dealkylation sites (tertiary alicyclic amines) is 1. The van der Waals surface area contributed by atoms with Crippen LogP contribution in [-0.2, 0) is 6.42 Å². The fourth-order valence-corrected chi connectivity index (χ4v) is 3.32. The minimum atomic E-state index is 0.0857. The summed E-state index contributed by atoms with van der Waals surface area (Å²) in [5.74, 6) is 0.0857. The first-order valence-corrected chi connectivity index (χ1v) is 9.13. The van der Waals surface area contributed by atoms with E-state index in [4.69, 9.17) is 5.73 Å². The van der Waals surface area contributed by atoms with E-state index in [-0.39, 0.29) is 11.9 Å². The van der Waals surface area contributed by atoms with Crippen LogP contribution in [0.1, 0.15) is 42.1 Å². The number of nitrogen functional groups attached to an aromatic ring is 1. The smallest absolute Gasteiger partial charge is 0.256 e. The maximum absolute atomic E-state index is 12.8. The van der Waals surface area contributed by atoms with Crippen molar-refractivity contribution in [3.05, 3.63) is 59.7 Å². The number of nitrogens with zero attached hydrogens (tertiary/aromatic N) is 1. The van der Waals surface area contributed by atoms with Crippen LogP contribution in [0, 0.1) is 0 Å². The summed E-state index contributed by atoms with van der Waals surface area (Å²) in [5, 5.41) is 3.51. The van der Waals surface area contributed by atoms with E-state index in [0.29, 0.717) is 11.3 Å². The van der Waals surface area contributed by atoms with Gasteiger partial charge in [-0.2, -0.15) is 0 Å². The van der Waals surface area contributed by atoms with Crippen molar-refractivity contribution in [2.24, 2.45) is 0 Å². The van der Waals surface area contributed by atoms with E-state index in [9.17, 15) is 4.79 Å². The molecule has 2 aromatic carbocycles. The van der Waals surface area contributed by atoms with Gasteiger partial charge in [-0.05, 0) is 56.4 Å². The second-order valence-electron chi connectivity index (χ2n) is 6.87. The van der Waals surface area contributed by atoms with Crippen molar-refractivity contribution in [1.29, 1.82) is 0 Å². The Morgan fingerprint density at radius 2 is 1.88 bits per heavy atom. The molecule has 0 aromatic heterocycles. The summed E-state index contributed by atoms with van der Waals surface area (Å²) in [4.78, 5) is 14.7. The van der Waals surface area contributed by atoms with Crippen molar-refractivity contribution >= 4 is 17.3 Å². The quantitative estimate of drug-likeness (QED) is 0.785. The van der Waals surface area contributed by atoms with Gasteiger partial charge in [0.15, 0.2) is 0 Å². The first kappa shape index (κ1) is 17.3. The van der Waals surface area contributed by atoms with Gasteiger partial charge in [-0.15, -0.1) is 0 Å². The minimum absolute atomic E-state index is 0.0857. The van der Waals surface area contributed by atoms with Crippen LogP contribution in [0.5, 0.6) is 0 Å². The van der Waals surface area contributed by atoms with Crippen molar-refractivity contribution in [2.75, 3.05) is 24.1 Å². The second kappa shape index (κ2) is 8.06.